The number of carbonyl (C=O) groups excluding carboxylic acids is 1. The molecule has 0 fully saturated rings. The van der Waals surface area contributed by atoms with Gasteiger partial charge in [-0.1, -0.05) is 12.7 Å². The molecule has 1 heterocycles. The van der Waals surface area contributed by atoms with Crippen LogP contribution >= 0.6 is 11.3 Å². The Labute approximate surface area is 191 Å². The number of hydrogen-bond donors (Lipinski definition) is 0. The number of esters is 1. The molecule has 0 radical (unpaired) electrons. The van der Waals surface area contributed by atoms with E-state index >= 15 is 0 Å². The normalized spacial score (nSPS) is 10.3. The first kappa shape index (κ1) is 23.1. The van der Waals surface area contributed by atoms with Crippen LogP contribution in [0.5, 0.6) is 23.0 Å². The Balaban J connectivity index is 1.66. The fourth-order valence-electron chi connectivity index (χ4n) is 2.87. The summed E-state index contributed by atoms with van der Waals surface area (Å²) in [7, 11) is 3.11. The predicted molar refractivity (Wildman–Crippen MR) is 123 cm³/mol. The standard InChI is InChI=1S/C24H25NO6S/c1-5-11-30-20-10-8-17(13-22(20)28-4)24(26)31-14-18-15-32-23(25-18)16-7-9-19(29-6-2)21(12-16)27-3/h5,7-10,12-13,15H,1,6,11,14H2,2-4H3. The van der Waals surface area contributed by atoms with Crippen molar-refractivity contribution in [1.29, 1.82) is 0 Å². The number of benzene rings is 2. The maximum atomic E-state index is 12.5. The van der Waals surface area contributed by atoms with E-state index in [2.05, 4.69) is 11.6 Å². The van der Waals surface area contributed by atoms with E-state index in [0.29, 0.717) is 47.5 Å². The maximum absolute atomic E-state index is 12.5. The Morgan fingerprint density at radius 1 is 1.03 bits per heavy atom. The minimum absolute atomic E-state index is 0.0561. The molecular weight excluding hydrogens is 430 g/mol. The van der Waals surface area contributed by atoms with Gasteiger partial charge in [0.15, 0.2) is 23.0 Å². The third-order valence-electron chi connectivity index (χ3n) is 4.37. The van der Waals surface area contributed by atoms with E-state index < -0.39 is 5.97 Å². The average Bonchev–Trinajstić information content (AvgIpc) is 3.30. The summed E-state index contributed by atoms with van der Waals surface area (Å²) in [6, 6.07) is 10.5. The molecule has 0 aliphatic heterocycles. The van der Waals surface area contributed by atoms with Crippen LogP contribution in [0.15, 0.2) is 54.4 Å². The number of methoxy groups -OCH3 is 2. The fraction of sp³-hybridized carbons (Fsp3) is 0.250. The predicted octanol–water partition coefficient (Wildman–Crippen LogP) is 5.15. The maximum Gasteiger partial charge on any atom is 0.338 e. The summed E-state index contributed by atoms with van der Waals surface area (Å²) >= 11 is 1.46. The van der Waals surface area contributed by atoms with Crippen molar-refractivity contribution in [2.24, 2.45) is 0 Å². The van der Waals surface area contributed by atoms with Crippen molar-refractivity contribution in [2.45, 2.75) is 13.5 Å². The summed E-state index contributed by atoms with van der Waals surface area (Å²) in [5.41, 5.74) is 1.91. The van der Waals surface area contributed by atoms with Crippen LogP contribution in [0, 0.1) is 0 Å². The molecule has 7 nitrogen and oxygen atoms in total. The highest BCUT2D eigenvalue weighted by molar-refractivity contribution is 7.13. The number of rotatable bonds is 11. The SMILES string of the molecule is C=CCOc1ccc(C(=O)OCc2csc(-c3ccc(OCC)c(OC)c3)n2)cc1OC. The Bertz CT molecular complexity index is 1080. The molecule has 2 aromatic carbocycles. The zero-order valence-electron chi connectivity index (χ0n) is 18.3. The van der Waals surface area contributed by atoms with Gasteiger partial charge in [-0.2, -0.15) is 0 Å². The van der Waals surface area contributed by atoms with Gasteiger partial charge in [0, 0.05) is 10.9 Å². The molecule has 0 aliphatic rings. The molecule has 32 heavy (non-hydrogen) atoms. The van der Waals surface area contributed by atoms with Gasteiger partial charge in [0.1, 0.15) is 18.2 Å². The highest BCUT2D eigenvalue weighted by Crippen LogP contribution is 2.34. The van der Waals surface area contributed by atoms with Gasteiger partial charge in [-0.15, -0.1) is 11.3 Å². The molecule has 0 N–H and O–H groups in total. The van der Waals surface area contributed by atoms with E-state index in [4.69, 9.17) is 23.7 Å². The van der Waals surface area contributed by atoms with Crippen molar-refractivity contribution < 1.29 is 28.5 Å². The second-order valence-corrected chi connectivity index (χ2v) is 7.34. The largest absolute Gasteiger partial charge is 0.493 e. The molecule has 0 aliphatic carbocycles. The lowest BCUT2D eigenvalue weighted by molar-refractivity contribution is 0.0468. The lowest BCUT2D eigenvalue weighted by Crippen LogP contribution is -2.06. The molecule has 0 bridgehead atoms. The molecule has 0 amide bonds. The molecule has 0 saturated heterocycles. The second kappa shape index (κ2) is 11.2. The van der Waals surface area contributed by atoms with Crippen LogP contribution in [0.25, 0.3) is 10.6 Å². The fourth-order valence-corrected chi connectivity index (χ4v) is 3.67. The van der Waals surface area contributed by atoms with Crippen molar-refractivity contribution in [3.63, 3.8) is 0 Å². The van der Waals surface area contributed by atoms with E-state index in [1.807, 2.05) is 30.5 Å². The summed E-state index contributed by atoms with van der Waals surface area (Å²) < 4.78 is 27.2. The Kier molecular flexibility index (Phi) is 8.10. The summed E-state index contributed by atoms with van der Waals surface area (Å²) in [5.74, 6) is 1.82. The Hall–Kier alpha value is -3.52. The van der Waals surface area contributed by atoms with Gasteiger partial charge in [-0.3, -0.25) is 0 Å². The van der Waals surface area contributed by atoms with E-state index in [9.17, 15) is 4.79 Å². The van der Waals surface area contributed by atoms with Crippen molar-refractivity contribution in [1.82, 2.24) is 4.98 Å². The highest BCUT2D eigenvalue weighted by Gasteiger charge is 2.14. The molecule has 0 unspecified atom stereocenters. The van der Waals surface area contributed by atoms with Crippen LogP contribution in [-0.2, 0) is 11.3 Å². The molecule has 3 aromatic rings. The number of nitrogens with zero attached hydrogens (tertiary/aromatic N) is 1. The molecule has 0 atom stereocenters. The van der Waals surface area contributed by atoms with E-state index in [1.54, 1.807) is 31.4 Å². The van der Waals surface area contributed by atoms with Gasteiger partial charge >= 0.3 is 5.97 Å². The molecule has 168 valence electrons. The zero-order chi connectivity index (χ0) is 22.9. The number of aromatic nitrogens is 1. The molecule has 3 rings (SSSR count). The molecule has 0 spiro atoms. The van der Waals surface area contributed by atoms with Gasteiger partial charge < -0.3 is 23.7 Å². The Morgan fingerprint density at radius 2 is 1.75 bits per heavy atom. The summed E-state index contributed by atoms with van der Waals surface area (Å²) in [6.07, 6.45) is 1.63. The second-order valence-electron chi connectivity index (χ2n) is 6.48. The van der Waals surface area contributed by atoms with Crippen molar-refractivity contribution in [3.05, 3.63) is 65.7 Å². The van der Waals surface area contributed by atoms with Crippen molar-refractivity contribution in [3.8, 4) is 33.6 Å². The van der Waals surface area contributed by atoms with E-state index in [1.165, 1.54) is 18.4 Å². The average molecular weight is 456 g/mol. The van der Waals surface area contributed by atoms with Gasteiger partial charge in [0.2, 0.25) is 0 Å². The van der Waals surface area contributed by atoms with Gasteiger partial charge in [0.25, 0.3) is 0 Å². The lowest BCUT2D eigenvalue weighted by Gasteiger charge is -2.11. The molecule has 0 saturated carbocycles. The molecule has 8 heteroatoms. The first-order valence-electron chi connectivity index (χ1n) is 9.94. The molecule has 1 aromatic heterocycles. The van der Waals surface area contributed by atoms with Crippen LogP contribution in [-0.4, -0.2) is 38.4 Å². The summed E-state index contributed by atoms with van der Waals surface area (Å²) in [5, 5.41) is 2.65. The number of thiazole rings is 1. The zero-order valence-corrected chi connectivity index (χ0v) is 19.1. The number of ether oxygens (including phenoxy) is 5. The smallest absolute Gasteiger partial charge is 0.338 e. The van der Waals surface area contributed by atoms with E-state index in [0.717, 1.165) is 10.6 Å². The number of carbonyl (C=O) groups is 1. The van der Waals surface area contributed by atoms with Crippen molar-refractivity contribution >= 4 is 17.3 Å². The highest BCUT2D eigenvalue weighted by atomic mass is 32.1. The first-order valence-corrected chi connectivity index (χ1v) is 10.8. The first-order chi connectivity index (χ1) is 15.6. The third kappa shape index (κ3) is 5.59. The van der Waals surface area contributed by atoms with Crippen LogP contribution in [0.2, 0.25) is 0 Å². The topological polar surface area (TPSA) is 76.1 Å². The molecular formula is C24H25NO6S. The lowest BCUT2D eigenvalue weighted by atomic mass is 10.2. The van der Waals surface area contributed by atoms with Crippen LogP contribution < -0.4 is 18.9 Å². The third-order valence-corrected chi connectivity index (χ3v) is 5.31. The summed E-state index contributed by atoms with van der Waals surface area (Å²) in [6.45, 7) is 6.48. The van der Waals surface area contributed by atoms with Gasteiger partial charge in [0.05, 0.1) is 32.1 Å². The minimum Gasteiger partial charge on any atom is -0.493 e. The van der Waals surface area contributed by atoms with Gasteiger partial charge in [-0.25, -0.2) is 9.78 Å². The van der Waals surface area contributed by atoms with Gasteiger partial charge in [-0.05, 0) is 43.3 Å². The Morgan fingerprint density at radius 3 is 2.47 bits per heavy atom. The van der Waals surface area contributed by atoms with Crippen molar-refractivity contribution in [2.75, 3.05) is 27.4 Å². The minimum atomic E-state index is -0.476. The van der Waals surface area contributed by atoms with Crippen LogP contribution in [0.3, 0.4) is 0 Å². The van der Waals surface area contributed by atoms with E-state index in [-0.39, 0.29) is 6.61 Å². The number of hydrogen-bond acceptors (Lipinski definition) is 8. The van der Waals surface area contributed by atoms with Crippen LogP contribution in [0.1, 0.15) is 23.0 Å². The monoisotopic (exact) mass is 455 g/mol. The quantitative estimate of drug-likeness (QED) is 0.292. The van der Waals surface area contributed by atoms with Crippen LogP contribution in [0.4, 0.5) is 0 Å². The summed E-state index contributed by atoms with van der Waals surface area (Å²) in [4.78, 5) is 17.1.